The first-order valence-corrected chi connectivity index (χ1v) is 9.54. The molecule has 0 aliphatic heterocycles. The molecular formula is C23H22O5. The summed E-state index contributed by atoms with van der Waals surface area (Å²) in [5, 5.41) is 0.963. The lowest BCUT2D eigenvalue weighted by atomic mass is 10.0. The smallest absolute Gasteiger partial charge is 0.339 e. The van der Waals surface area contributed by atoms with E-state index in [-0.39, 0.29) is 18.0 Å². The van der Waals surface area contributed by atoms with Gasteiger partial charge in [0.15, 0.2) is 12.4 Å². The topological polar surface area (TPSA) is 65.7 Å². The van der Waals surface area contributed by atoms with Gasteiger partial charge in [-0.25, -0.2) is 4.79 Å². The van der Waals surface area contributed by atoms with E-state index < -0.39 is 0 Å². The SMILES string of the molecule is COc1ccc(C(=O)COc2ccc3c4c(c(=O)oc3c2)CCCCC4)cc1. The number of ketones is 1. The molecule has 0 spiro atoms. The summed E-state index contributed by atoms with van der Waals surface area (Å²) in [5.74, 6) is 1.07. The van der Waals surface area contributed by atoms with E-state index in [2.05, 4.69) is 0 Å². The number of carbonyl (C=O) groups excluding carboxylic acids is 1. The first-order valence-electron chi connectivity index (χ1n) is 9.54. The van der Waals surface area contributed by atoms with Gasteiger partial charge in [-0.15, -0.1) is 0 Å². The Morgan fingerprint density at radius 2 is 1.68 bits per heavy atom. The maximum atomic E-state index is 12.4. The molecule has 0 saturated carbocycles. The van der Waals surface area contributed by atoms with Crippen LogP contribution >= 0.6 is 0 Å². The monoisotopic (exact) mass is 378 g/mol. The van der Waals surface area contributed by atoms with Gasteiger partial charge in [0.25, 0.3) is 0 Å². The van der Waals surface area contributed by atoms with Crippen molar-refractivity contribution in [2.45, 2.75) is 32.1 Å². The normalized spacial score (nSPS) is 13.6. The second-order valence-electron chi connectivity index (χ2n) is 7.01. The van der Waals surface area contributed by atoms with Crippen LogP contribution in [0.1, 0.15) is 40.7 Å². The van der Waals surface area contributed by atoms with Crippen molar-refractivity contribution in [3.8, 4) is 11.5 Å². The molecule has 0 N–H and O–H groups in total. The molecule has 4 rings (SSSR count). The minimum atomic E-state index is -0.254. The van der Waals surface area contributed by atoms with Gasteiger partial charge in [-0.2, -0.15) is 0 Å². The van der Waals surface area contributed by atoms with Crippen LogP contribution in [0.3, 0.4) is 0 Å². The van der Waals surface area contributed by atoms with Gasteiger partial charge in [0, 0.05) is 22.6 Å². The van der Waals surface area contributed by atoms with Gasteiger partial charge in [0.2, 0.25) is 0 Å². The zero-order valence-electron chi connectivity index (χ0n) is 15.8. The minimum absolute atomic E-state index is 0.0903. The Morgan fingerprint density at radius 3 is 2.43 bits per heavy atom. The molecule has 0 fully saturated rings. The highest BCUT2D eigenvalue weighted by Gasteiger charge is 2.17. The highest BCUT2D eigenvalue weighted by Crippen LogP contribution is 2.28. The molecule has 0 amide bonds. The van der Waals surface area contributed by atoms with Crippen LogP contribution in [0.25, 0.3) is 11.0 Å². The van der Waals surface area contributed by atoms with Crippen molar-refractivity contribution < 1.29 is 18.7 Å². The molecule has 1 aliphatic carbocycles. The Balaban J connectivity index is 1.54. The van der Waals surface area contributed by atoms with Gasteiger partial charge in [0.05, 0.1) is 7.11 Å². The van der Waals surface area contributed by atoms with E-state index in [0.29, 0.717) is 22.6 Å². The molecule has 0 saturated heterocycles. The Kier molecular flexibility index (Phi) is 5.15. The van der Waals surface area contributed by atoms with Gasteiger partial charge >= 0.3 is 5.63 Å². The quantitative estimate of drug-likeness (QED) is 0.376. The van der Waals surface area contributed by atoms with Crippen molar-refractivity contribution in [2.24, 2.45) is 0 Å². The number of benzene rings is 2. The Morgan fingerprint density at radius 1 is 0.964 bits per heavy atom. The van der Waals surface area contributed by atoms with Gasteiger partial charge < -0.3 is 13.9 Å². The van der Waals surface area contributed by atoms with Gasteiger partial charge in [-0.3, -0.25) is 4.79 Å². The second-order valence-corrected chi connectivity index (χ2v) is 7.01. The number of fused-ring (bicyclic) bond motifs is 3. The van der Waals surface area contributed by atoms with Crippen LogP contribution in [0.2, 0.25) is 0 Å². The Hall–Kier alpha value is -3.08. The van der Waals surface area contributed by atoms with Crippen LogP contribution in [0.5, 0.6) is 11.5 Å². The largest absolute Gasteiger partial charge is 0.497 e. The van der Waals surface area contributed by atoms with E-state index in [0.717, 1.165) is 48.6 Å². The van der Waals surface area contributed by atoms with E-state index in [1.54, 1.807) is 37.4 Å². The van der Waals surface area contributed by atoms with Crippen molar-refractivity contribution in [3.05, 3.63) is 69.6 Å². The molecule has 1 heterocycles. The average molecular weight is 378 g/mol. The zero-order chi connectivity index (χ0) is 19.5. The molecule has 0 radical (unpaired) electrons. The average Bonchev–Trinajstić information content (AvgIpc) is 2.99. The summed E-state index contributed by atoms with van der Waals surface area (Å²) in [6.45, 7) is -0.0903. The summed E-state index contributed by atoms with van der Waals surface area (Å²) in [4.78, 5) is 24.7. The fourth-order valence-electron chi connectivity index (χ4n) is 3.70. The number of Topliss-reactive ketones (excluding diaryl/α,β-unsaturated/α-hetero) is 1. The summed E-state index contributed by atoms with van der Waals surface area (Å²) in [6.07, 6.45) is 4.91. The number of carbonyl (C=O) groups is 1. The minimum Gasteiger partial charge on any atom is -0.497 e. The number of hydrogen-bond donors (Lipinski definition) is 0. The summed E-state index contributed by atoms with van der Waals surface area (Å²) in [5.41, 5.74) is 2.73. The van der Waals surface area contributed by atoms with E-state index in [4.69, 9.17) is 13.9 Å². The van der Waals surface area contributed by atoms with Crippen LogP contribution in [0.15, 0.2) is 51.7 Å². The van der Waals surface area contributed by atoms with Crippen molar-refractivity contribution in [1.82, 2.24) is 0 Å². The number of rotatable bonds is 5. The molecule has 28 heavy (non-hydrogen) atoms. The van der Waals surface area contributed by atoms with Crippen LogP contribution in [0, 0.1) is 0 Å². The first kappa shape index (κ1) is 18.3. The maximum Gasteiger partial charge on any atom is 0.339 e. The maximum absolute atomic E-state index is 12.4. The summed E-state index contributed by atoms with van der Waals surface area (Å²) in [7, 11) is 1.58. The molecule has 1 aromatic heterocycles. The number of methoxy groups -OCH3 is 1. The van der Waals surface area contributed by atoms with E-state index in [1.807, 2.05) is 12.1 Å². The predicted molar refractivity (Wildman–Crippen MR) is 107 cm³/mol. The van der Waals surface area contributed by atoms with Crippen LogP contribution in [0.4, 0.5) is 0 Å². The molecular weight excluding hydrogens is 356 g/mol. The third-order valence-electron chi connectivity index (χ3n) is 5.23. The van der Waals surface area contributed by atoms with Crippen molar-refractivity contribution in [2.75, 3.05) is 13.7 Å². The molecule has 5 nitrogen and oxygen atoms in total. The third kappa shape index (κ3) is 3.65. The van der Waals surface area contributed by atoms with Gasteiger partial charge in [0.1, 0.15) is 17.1 Å². The van der Waals surface area contributed by atoms with Crippen molar-refractivity contribution in [1.29, 1.82) is 0 Å². The highest BCUT2D eigenvalue weighted by atomic mass is 16.5. The Labute approximate surface area is 162 Å². The second kappa shape index (κ2) is 7.89. The molecule has 0 unspecified atom stereocenters. The van der Waals surface area contributed by atoms with Crippen LogP contribution in [-0.2, 0) is 12.8 Å². The number of hydrogen-bond acceptors (Lipinski definition) is 5. The van der Waals surface area contributed by atoms with Crippen molar-refractivity contribution >= 4 is 16.8 Å². The van der Waals surface area contributed by atoms with E-state index in [1.165, 1.54) is 0 Å². The lowest BCUT2D eigenvalue weighted by Gasteiger charge is -2.10. The first-order chi connectivity index (χ1) is 13.7. The van der Waals surface area contributed by atoms with E-state index >= 15 is 0 Å². The van der Waals surface area contributed by atoms with Gasteiger partial charge in [-0.1, -0.05) is 6.42 Å². The number of ether oxygens (including phenoxy) is 2. The lowest BCUT2D eigenvalue weighted by Crippen LogP contribution is -2.12. The van der Waals surface area contributed by atoms with Crippen LogP contribution in [-0.4, -0.2) is 19.5 Å². The summed E-state index contributed by atoms with van der Waals surface area (Å²) >= 11 is 0. The predicted octanol–water partition coefficient (Wildman–Crippen LogP) is 4.33. The van der Waals surface area contributed by atoms with Crippen molar-refractivity contribution in [3.63, 3.8) is 0 Å². The van der Waals surface area contributed by atoms with E-state index in [9.17, 15) is 9.59 Å². The molecule has 2 aromatic carbocycles. The standard InChI is InChI=1S/C23H22O5/c1-26-16-9-7-15(8-10-16)21(24)14-27-17-11-12-19-18-5-3-2-4-6-20(18)23(25)28-22(19)13-17/h7-13H,2-6,14H2,1H3. The van der Waals surface area contributed by atoms with Gasteiger partial charge in [-0.05, 0) is 67.6 Å². The number of aryl methyl sites for hydroxylation is 1. The lowest BCUT2D eigenvalue weighted by molar-refractivity contribution is 0.0921. The summed E-state index contributed by atoms with van der Waals surface area (Å²) < 4.78 is 16.3. The molecule has 5 heteroatoms. The molecule has 0 bridgehead atoms. The Bertz CT molecular complexity index is 1060. The molecule has 0 atom stereocenters. The molecule has 1 aliphatic rings. The fraction of sp³-hybridized carbons (Fsp3) is 0.304. The molecule has 3 aromatic rings. The zero-order valence-corrected chi connectivity index (χ0v) is 15.8. The highest BCUT2D eigenvalue weighted by molar-refractivity contribution is 5.97. The van der Waals surface area contributed by atoms with Crippen LogP contribution < -0.4 is 15.1 Å². The third-order valence-corrected chi connectivity index (χ3v) is 5.23. The fourth-order valence-corrected chi connectivity index (χ4v) is 3.70. The molecule has 144 valence electrons. The summed E-state index contributed by atoms with van der Waals surface area (Å²) in [6, 6.07) is 12.3.